The summed E-state index contributed by atoms with van der Waals surface area (Å²) in [5.41, 5.74) is 1.58. The van der Waals surface area contributed by atoms with Crippen LogP contribution >= 0.6 is 0 Å². The van der Waals surface area contributed by atoms with E-state index in [1.54, 1.807) is 25.4 Å². The molecule has 4 rings (SSSR count). The van der Waals surface area contributed by atoms with E-state index in [0.29, 0.717) is 24.2 Å². The highest BCUT2D eigenvalue weighted by Crippen LogP contribution is 2.26. The van der Waals surface area contributed by atoms with Crippen LogP contribution in [-0.4, -0.2) is 41.6 Å². The van der Waals surface area contributed by atoms with Crippen LogP contribution in [0.2, 0.25) is 0 Å². The molecule has 3 heterocycles. The van der Waals surface area contributed by atoms with Gasteiger partial charge in [-0.2, -0.15) is 4.98 Å². The van der Waals surface area contributed by atoms with Gasteiger partial charge in [0.25, 0.3) is 5.89 Å². The van der Waals surface area contributed by atoms with Gasteiger partial charge in [0.1, 0.15) is 12.4 Å². The number of hydrogen-bond acceptors (Lipinski definition) is 7. The van der Waals surface area contributed by atoms with Crippen LogP contribution in [0.1, 0.15) is 12.8 Å². The molecule has 1 unspecified atom stereocenters. The maximum Gasteiger partial charge on any atom is 0.258 e. The summed E-state index contributed by atoms with van der Waals surface area (Å²) in [5.74, 6) is 2.16. The number of pyridine rings is 1. The average Bonchev–Trinajstić information content (AvgIpc) is 3.39. The summed E-state index contributed by atoms with van der Waals surface area (Å²) in [6.45, 7) is 1.37. The van der Waals surface area contributed by atoms with Crippen LogP contribution in [0.15, 0.2) is 47.1 Å². The Labute approximate surface area is 150 Å². The highest BCUT2D eigenvalue weighted by Gasteiger charge is 2.17. The van der Waals surface area contributed by atoms with Gasteiger partial charge in [-0.3, -0.25) is 0 Å². The fraction of sp³-hybridized carbons (Fsp3) is 0.316. The SMILES string of the molecule is COc1cc(-c2noc(-c3cccc(OCC4CCCO4)c3)n2)ccn1. The van der Waals surface area contributed by atoms with Crippen LogP contribution in [0.4, 0.5) is 0 Å². The van der Waals surface area contributed by atoms with Crippen molar-refractivity contribution >= 4 is 0 Å². The summed E-state index contributed by atoms with van der Waals surface area (Å²) in [4.78, 5) is 8.54. The Morgan fingerprint density at radius 1 is 1.19 bits per heavy atom. The van der Waals surface area contributed by atoms with E-state index in [1.165, 1.54) is 0 Å². The summed E-state index contributed by atoms with van der Waals surface area (Å²) in [6, 6.07) is 11.2. The van der Waals surface area contributed by atoms with Gasteiger partial charge in [-0.1, -0.05) is 11.2 Å². The molecule has 0 amide bonds. The van der Waals surface area contributed by atoms with E-state index in [9.17, 15) is 0 Å². The van der Waals surface area contributed by atoms with E-state index < -0.39 is 0 Å². The molecule has 0 bridgehead atoms. The Kier molecular flexibility index (Phi) is 4.79. The Hall–Kier alpha value is -2.93. The zero-order valence-corrected chi connectivity index (χ0v) is 14.4. The number of methoxy groups -OCH3 is 1. The first-order chi connectivity index (χ1) is 12.8. The molecule has 7 heteroatoms. The van der Waals surface area contributed by atoms with E-state index in [1.807, 2.05) is 24.3 Å². The Bertz CT molecular complexity index is 874. The number of ether oxygens (including phenoxy) is 3. The van der Waals surface area contributed by atoms with E-state index in [2.05, 4.69) is 15.1 Å². The van der Waals surface area contributed by atoms with Crippen molar-refractivity contribution in [2.45, 2.75) is 18.9 Å². The summed E-state index contributed by atoms with van der Waals surface area (Å²) in [7, 11) is 1.57. The van der Waals surface area contributed by atoms with Crippen molar-refractivity contribution in [2.24, 2.45) is 0 Å². The van der Waals surface area contributed by atoms with Crippen molar-refractivity contribution in [3.63, 3.8) is 0 Å². The third-order valence-corrected chi connectivity index (χ3v) is 4.17. The molecule has 0 spiro atoms. The first-order valence-corrected chi connectivity index (χ1v) is 8.51. The molecule has 26 heavy (non-hydrogen) atoms. The highest BCUT2D eigenvalue weighted by atomic mass is 16.5. The molecule has 2 aromatic heterocycles. The van der Waals surface area contributed by atoms with E-state index in [4.69, 9.17) is 18.7 Å². The number of aromatic nitrogens is 3. The lowest BCUT2D eigenvalue weighted by Gasteiger charge is -2.11. The summed E-state index contributed by atoms with van der Waals surface area (Å²) < 4.78 is 22.0. The number of benzene rings is 1. The van der Waals surface area contributed by atoms with Crippen LogP contribution in [0.25, 0.3) is 22.8 Å². The highest BCUT2D eigenvalue weighted by molar-refractivity contribution is 5.61. The minimum atomic E-state index is 0.176. The van der Waals surface area contributed by atoms with E-state index in [0.717, 1.165) is 36.3 Å². The van der Waals surface area contributed by atoms with Gasteiger partial charge in [0.2, 0.25) is 11.7 Å². The first-order valence-electron chi connectivity index (χ1n) is 8.51. The smallest absolute Gasteiger partial charge is 0.258 e. The Morgan fingerprint density at radius 2 is 2.15 bits per heavy atom. The molecule has 1 saturated heterocycles. The maximum absolute atomic E-state index is 5.83. The van der Waals surface area contributed by atoms with Gasteiger partial charge in [0.05, 0.1) is 13.2 Å². The molecule has 1 aliphatic heterocycles. The molecular formula is C19H19N3O4. The zero-order chi connectivity index (χ0) is 17.8. The van der Waals surface area contributed by atoms with Crippen LogP contribution < -0.4 is 9.47 Å². The van der Waals surface area contributed by atoms with E-state index in [-0.39, 0.29) is 6.10 Å². The third-order valence-electron chi connectivity index (χ3n) is 4.17. The van der Waals surface area contributed by atoms with Crippen molar-refractivity contribution in [2.75, 3.05) is 20.3 Å². The zero-order valence-electron chi connectivity index (χ0n) is 14.4. The van der Waals surface area contributed by atoms with Crippen molar-refractivity contribution in [3.05, 3.63) is 42.6 Å². The van der Waals surface area contributed by atoms with Gasteiger partial charge in [-0.05, 0) is 37.1 Å². The van der Waals surface area contributed by atoms with Crippen LogP contribution in [0.3, 0.4) is 0 Å². The third kappa shape index (κ3) is 3.67. The number of rotatable bonds is 6. The molecule has 1 aromatic carbocycles. The monoisotopic (exact) mass is 353 g/mol. The van der Waals surface area contributed by atoms with Gasteiger partial charge < -0.3 is 18.7 Å². The van der Waals surface area contributed by atoms with Crippen molar-refractivity contribution in [1.82, 2.24) is 15.1 Å². The molecule has 7 nitrogen and oxygen atoms in total. The standard InChI is InChI=1S/C19H19N3O4/c1-23-17-11-13(7-8-20-17)18-21-19(26-22-18)14-4-2-5-15(10-14)25-12-16-6-3-9-24-16/h2,4-5,7-8,10-11,16H,3,6,9,12H2,1H3. The van der Waals surface area contributed by atoms with Crippen molar-refractivity contribution < 1.29 is 18.7 Å². The predicted molar refractivity (Wildman–Crippen MR) is 94.0 cm³/mol. The lowest BCUT2D eigenvalue weighted by atomic mass is 10.2. The second kappa shape index (κ2) is 7.53. The maximum atomic E-state index is 5.83. The van der Waals surface area contributed by atoms with Gasteiger partial charge in [-0.25, -0.2) is 4.98 Å². The van der Waals surface area contributed by atoms with Crippen LogP contribution in [0.5, 0.6) is 11.6 Å². The second-order valence-corrected chi connectivity index (χ2v) is 5.98. The molecule has 0 N–H and O–H groups in total. The molecule has 1 fully saturated rings. The van der Waals surface area contributed by atoms with E-state index >= 15 is 0 Å². The van der Waals surface area contributed by atoms with Gasteiger partial charge in [-0.15, -0.1) is 0 Å². The van der Waals surface area contributed by atoms with Crippen LogP contribution in [0, 0.1) is 0 Å². The molecule has 1 atom stereocenters. The molecule has 134 valence electrons. The topological polar surface area (TPSA) is 79.5 Å². The van der Waals surface area contributed by atoms with Crippen molar-refractivity contribution in [1.29, 1.82) is 0 Å². The minimum Gasteiger partial charge on any atom is -0.491 e. The molecular weight excluding hydrogens is 334 g/mol. The second-order valence-electron chi connectivity index (χ2n) is 5.98. The first kappa shape index (κ1) is 16.5. The lowest BCUT2D eigenvalue weighted by Crippen LogP contribution is -2.16. The van der Waals surface area contributed by atoms with Crippen molar-refractivity contribution in [3.8, 4) is 34.5 Å². The van der Waals surface area contributed by atoms with Gasteiger partial charge >= 0.3 is 0 Å². The predicted octanol–water partition coefficient (Wildman–Crippen LogP) is 3.37. The molecule has 1 aliphatic rings. The normalized spacial score (nSPS) is 16.6. The Morgan fingerprint density at radius 3 is 3.00 bits per heavy atom. The number of hydrogen-bond donors (Lipinski definition) is 0. The lowest BCUT2D eigenvalue weighted by molar-refractivity contribution is 0.0680. The minimum absolute atomic E-state index is 0.176. The van der Waals surface area contributed by atoms with Gasteiger partial charge in [0, 0.05) is 30.0 Å². The Balaban J connectivity index is 1.50. The molecule has 0 aliphatic carbocycles. The quantitative estimate of drug-likeness (QED) is 0.672. The fourth-order valence-corrected chi connectivity index (χ4v) is 2.80. The molecule has 0 saturated carbocycles. The summed E-state index contributed by atoms with van der Waals surface area (Å²) >= 11 is 0. The average molecular weight is 353 g/mol. The molecule has 0 radical (unpaired) electrons. The van der Waals surface area contributed by atoms with Gasteiger partial charge in [0.15, 0.2) is 0 Å². The largest absolute Gasteiger partial charge is 0.491 e. The fourth-order valence-electron chi connectivity index (χ4n) is 2.80. The summed E-state index contributed by atoms with van der Waals surface area (Å²) in [6.07, 6.45) is 3.96. The number of nitrogens with zero attached hydrogens (tertiary/aromatic N) is 3. The van der Waals surface area contributed by atoms with Crippen LogP contribution in [-0.2, 0) is 4.74 Å². The molecule has 3 aromatic rings. The summed E-state index contributed by atoms with van der Waals surface area (Å²) in [5, 5.41) is 4.05.